The first-order chi connectivity index (χ1) is 16.8. The highest BCUT2D eigenvalue weighted by atomic mass is 35.5. The number of hydrogen-bond acceptors (Lipinski definition) is 5. The maximum atomic E-state index is 13.4. The van der Waals surface area contributed by atoms with E-state index in [9.17, 15) is 31.1 Å². The Hall–Kier alpha value is -3.09. The molecule has 2 aromatic heterocycles. The third-order valence-corrected chi connectivity index (χ3v) is 6.20. The summed E-state index contributed by atoms with van der Waals surface area (Å²) in [6.07, 6.45) is -8.45. The van der Waals surface area contributed by atoms with Gasteiger partial charge in [-0.1, -0.05) is 24.4 Å². The maximum absolute atomic E-state index is 13.4. The van der Waals surface area contributed by atoms with Gasteiger partial charge in [0.1, 0.15) is 0 Å². The number of hydrogen-bond donors (Lipinski definition) is 2. The van der Waals surface area contributed by atoms with Crippen LogP contribution in [-0.2, 0) is 23.6 Å². The van der Waals surface area contributed by atoms with Crippen LogP contribution < -0.4 is 4.90 Å². The number of aromatic amines is 1. The Morgan fingerprint density at radius 2 is 1.72 bits per heavy atom. The molecule has 3 aromatic rings. The fraction of sp³-hybridized carbons (Fsp3) is 0.455. The summed E-state index contributed by atoms with van der Waals surface area (Å²) in [5.74, 6) is -5.51. The predicted octanol–water partition coefficient (Wildman–Crippen LogP) is 6.18. The van der Waals surface area contributed by atoms with Crippen LogP contribution in [0.25, 0.3) is 10.9 Å². The molecule has 1 aromatic carbocycles. The van der Waals surface area contributed by atoms with E-state index in [2.05, 4.69) is 19.9 Å². The van der Waals surface area contributed by atoms with E-state index in [4.69, 9.17) is 16.7 Å². The van der Waals surface area contributed by atoms with E-state index in [0.29, 0.717) is 42.8 Å². The van der Waals surface area contributed by atoms with Gasteiger partial charge in [-0.2, -0.15) is 36.3 Å². The molecule has 3 heterocycles. The van der Waals surface area contributed by atoms with Gasteiger partial charge in [0.25, 0.3) is 0 Å². The topological polar surface area (TPSA) is 95.0 Å². The van der Waals surface area contributed by atoms with Crippen molar-refractivity contribution in [3.63, 3.8) is 0 Å². The Bertz CT molecular complexity index is 1240. The van der Waals surface area contributed by atoms with Crippen molar-refractivity contribution in [3.8, 4) is 0 Å². The molecule has 0 saturated heterocycles. The molecule has 0 saturated carbocycles. The average Bonchev–Trinajstić information content (AvgIpc) is 3.15. The highest BCUT2D eigenvalue weighted by Gasteiger charge is 2.43. The number of carbonyl (C=O) groups is 1. The van der Waals surface area contributed by atoms with Gasteiger partial charge in [-0.3, -0.25) is 4.79 Å². The van der Waals surface area contributed by atoms with Crippen molar-refractivity contribution in [2.24, 2.45) is 0 Å². The SMILES string of the molecule is O=C(O)CCCCC[C@H]1c2[nH]c3ccc(Cl)cc3c2CCN1c1nc(C(F)(F)F)nc(C(F)(F)F)n1. The van der Waals surface area contributed by atoms with E-state index in [1.54, 1.807) is 18.2 Å². The summed E-state index contributed by atoms with van der Waals surface area (Å²) in [7, 11) is 0. The van der Waals surface area contributed by atoms with Gasteiger partial charge < -0.3 is 15.0 Å². The Morgan fingerprint density at radius 3 is 2.33 bits per heavy atom. The van der Waals surface area contributed by atoms with Crippen molar-refractivity contribution in [3.05, 3.63) is 46.1 Å². The predicted molar refractivity (Wildman–Crippen MR) is 118 cm³/mol. The molecule has 7 nitrogen and oxygen atoms in total. The van der Waals surface area contributed by atoms with Gasteiger partial charge in [0.15, 0.2) is 0 Å². The lowest BCUT2D eigenvalue weighted by Crippen LogP contribution is -2.38. The summed E-state index contributed by atoms with van der Waals surface area (Å²) in [5, 5.41) is 10.1. The molecular formula is C22H20ClF6N5O2. The van der Waals surface area contributed by atoms with Gasteiger partial charge in [-0.15, -0.1) is 0 Å². The van der Waals surface area contributed by atoms with E-state index < -0.39 is 42.0 Å². The molecule has 0 fully saturated rings. The number of carboxylic acids is 1. The zero-order chi connectivity index (χ0) is 26.3. The first-order valence-electron chi connectivity index (χ1n) is 11.0. The molecule has 0 amide bonds. The number of benzene rings is 1. The van der Waals surface area contributed by atoms with Gasteiger partial charge in [0.2, 0.25) is 17.6 Å². The van der Waals surface area contributed by atoms with Crippen molar-refractivity contribution in [2.45, 2.75) is 56.9 Å². The van der Waals surface area contributed by atoms with Crippen molar-refractivity contribution in [1.82, 2.24) is 19.9 Å². The molecule has 0 aliphatic carbocycles. The summed E-state index contributed by atoms with van der Waals surface area (Å²) >= 11 is 6.13. The van der Waals surface area contributed by atoms with Gasteiger partial charge in [-0.05, 0) is 43.0 Å². The minimum absolute atomic E-state index is 0.0398. The highest BCUT2D eigenvalue weighted by Crippen LogP contribution is 2.41. The second-order valence-corrected chi connectivity index (χ2v) is 8.87. The number of carboxylic acid groups (broad SMARTS) is 1. The number of rotatable bonds is 7. The third-order valence-electron chi connectivity index (χ3n) is 5.97. The summed E-state index contributed by atoms with van der Waals surface area (Å²) in [5.41, 5.74) is 2.21. The normalized spacial score (nSPS) is 16.4. The van der Waals surface area contributed by atoms with Crippen molar-refractivity contribution >= 4 is 34.4 Å². The van der Waals surface area contributed by atoms with E-state index in [0.717, 1.165) is 16.5 Å². The van der Waals surface area contributed by atoms with Crippen LogP contribution in [-0.4, -0.2) is 37.6 Å². The zero-order valence-corrected chi connectivity index (χ0v) is 19.3. The lowest BCUT2D eigenvalue weighted by molar-refractivity contribution is -0.155. The van der Waals surface area contributed by atoms with Crippen LogP contribution in [0.4, 0.5) is 32.3 Å². The maximum Gasteiger partial charge on any atom is 0.451 e. The molecule has 0 bridgehead atoms. The number of aliphatic carboxylic acids is 1. The lowest BCUT2D eigenvalue weighted by atomic mass is 9.93. The summed E-state index contributed by atoms with van der Waals surface area (Å²) in [4.78, 5) is 24.7. The van der Waals surface area contributed by atoms with Crippen molar-refractivity contribution in [1.29, 1.82) is 0 Å². The van der Waals surface area contributed by atoms with E-state index in [1.807, 2.05) is 0 Å². The Balaban J connectivity index is 1.76. The number of halogens is 7. The van der Waals surface area contributed by atoms with Crippen LogP contribution >= 0.6 is 11.6 Å². The molecule has 1 aliphatic rings. The number of aromatic nitrogens is 4. The minimum Gasteiger partial charge on any atom is -0.481 e. The van der Waals surface area contributed by atoms with Crippen LogP contribution in [0, 0.1) is 0 Å². The smallest absolute Gasteiger partial charge is 0.451 e. The molecule has 14 heteroatoms. The number of anilines is 1. The van der Waals surface area contributed by atoms with Crippen LogP contribution in [0.2, 0.25) is 5.02 Å². The number of H-pyrrole nitrogens is 1. The number of nitrogens with zero attached hydrogens (tertiary/aromatic N) is 4. The summed E-state index contributed by atoms with van der Waals surface area (Å²) < 4.78 is 80.2. The fourth-order valence-electron chi connectivity index (χ4n) is 4.42. The first-order valence-corrected chi connectivity index (χ1v) is 11.4. The minimum atomic E-state index is -5.21. The lowest BCUT2D eigenvalue weighted by Gasteiger charge is -2.36. The van der Waals surface area contributed by atoms with Crippen LogP contribution in [0.15, 0.2) is 18.2 Å². The first kappa shape index (κ1) is 26.0. The quantitative estimate of drug-likeness (QED) is 0.277. The molecule has 4 rings (SSSR count). The molecule has 1 atom stereocenters. The van der Waals surface area contributed by atoms with Crippen molar-refractivity contribution in [2.75, 3.05) is 11.4 Å². The van der Waals surface area contributed by atoms with Crippen LogP contribution in [0.5, 0.6) is 0 Å². The Morgan fingerprint density at radius 1 is 1.06 bits per heavy atom. The number of nitrogens with one attached hydrogen (secondary N) is 1. The number of fused-ring (bicyclic) bond motifs is 3. The van der Waals surface area contributed by atoms with Crippen molar-refractivity contribution < 1.29 is 36.2 Å². The molecular weight excluding hydrogens is 516 g/mol. The van der Waals surface area contributed by atoms with E-state index in [-0.39, 0.29) is 13.0 Å². The third kappa shape index (κ3) is 5.50. The summed E-state index contributed by atoms with van der Waals surface area (Å²) in [6.45, 7) is 0.0604. The summed E-state index contributed by atoms with van der Waals surface area (Å²) in [6, 6.07) is 4.49. The second-order valence-electron chi connectivity index (χ2n) is 8.44. The molecule has 0 unspecified atom stereocenters. The number of alkyl halides is 6. The van der Waals surface area contributed by atoms with Crippen LogP contribution in [0.1, 0.15) is 61.1 Å². The Kier molecular flexibility index (Phi) is 7.04. The monoisotopic (exact) mass is 535 g/mol. The van der Waals surface area contributed by atoms with E-state index >= 15 is 0 Å². The standard InChI is InChI=1S/C22H20ClF6N5O2/c23-11-6-7-14-13(10-11)12-8-9-34(15(17(12)30-14)4-2-1-3-5-16(35)36)20-32-18(21(24,25)26)31-19(33-20)22(27,28)29/h6-7,10,15,30H,1-5,8-9H2,(H,35,36)/t15-/m0/s1. The molecule has 0 spiro atoms. The largest absolute Gasteiger partial charge is 0.481 e. The van der Waals surface area contributed by atoms with Crippen LogP contribution in [0.3, 0.4) is 0 Å². The zero-order valence-electron chi connectivity index (χ0n) is 18.5. The second kappa shape index (κ2) is 9.75. The molecule has 36 heavy (non-hydrogen) atoms. The van der Waals surface area contributed by atoms with E-state index in [1.165, 1.54) is 4.90 Å². The van der Waals surface area contributed by atoms with Gasteiger partial charge in [0, 0.05) is 34.6 Å². The molecule has 0 radical (unpaired) electrons. The Labute approximate surface area is 205 Å². The molecule has 1 aliphatic heterocycles. The fourth-order valence-corrected chi connectivity index (χ4v) is 4.59. The number of unbranched alkanes of at least 4 members (excludes halogenated alkanes) is 2. The highest BCUT2D eigenvalue weighted by molar-refractivity contribution is 6.31. The average molecular weight is 536 g/mol. The molecule has 194 valence electrons. The van der Waals surface area contributed by atoms with Gasteiger partial charge in [-0.25, -0.2) is 4.98 Å². The van der Waals surface area contributed by atoms with Gasteiger partial charge in [0.05, 0.1) is 6.04 Å². The van der Waals surface area contributed by atoms with Gasteiger partial charge >= 0.3 is 18.3 Å². The molecule has 2 N–H and O–H groups in total.